The number of rotatable bonds is 5. The molecule has 1 aromatic carbocycles. The molecule has 4 rings (SSSR count). The maximum Gasteiger partial charge on any atom is 0.235 e. The van der Waals surface area contributed by atoms with Gasteiger partial charge < -0.3 is 10.1 Å². The summed E-state index contributed by atoms with van der Waals surface area (Å²) in [6.07, 6.45) is 0. The smallest absolute Gasteiger partial charge is 0.235 e. The molecule has 0 aliphatic carbocycles. The molecule has 0 unspecified atom stereocenters. The molecular formula is C20H22F3N5O2. The van der Waals surface area contributed by atoms with Gasteiger partial charge in [-0.3, -0.25) is 19.3 Å². The molecule has 0 radical (unpaired) electrons. The number of pyridine rings is 1. The number of aromatic amines is 1. The molecule has 1 fully saturated rings. The molecule has 1 aliphatic heterocycles. The number of halogens is 3. The van der Waals surface area contributed by atoms with Gasteiger partial charge in [0.15, 0.2) is 5.75 Å². The second-order valence-electron chi connectivity index (χ2n) is 7.38. The van der Waals surface area contributed by atoms with Crippen molar-refractivity contribution in [2.75, 3.05) is 39.4 Å². The van der Waals surface area contributed by atoms with Crippen LogP contribution in [0.2, 0.25) is 0 Å². The minimum absolute atomic E-state index is 0.182. The van der Waals surface area contributed by atoms with Crippen molar-refractivity contribution >= 4 is 11.0 Å². The molecule has 10 heteroatoms. The van der Waals surface area contributed by atoms with Gasteiger partial charge in [-0.25, -0.2) is 13.2 Å². The van der Waals surface area contributed by atoms with Gasteiger partial charge >= 0.3 is 0 Å². The first-order valence-electron chi connectivity index (χ1n) is 9.66. The van der Waals surface area contributed by atoms with Crippen molar-refractivity contribution < 1.29 is 18.3 Å². The molecule has 30 heavy (non-hydrogen) atoms. The summed E-state index contributed by atoms with van der Waals surface area (Å²) >= 11 is 0. The van der Waals surface area contributed by atoms with Gasteiger partial charge in [-0.1, -0.05) is 6.07 Å². The zero-order valence-corrected chi connectivity index (χ0v) is 16.5. The van der Waals surface area contributed by atoms with E-state index in [1.165, 1.54) is 10.7 Å². The average Bonchev–Trinajstić information content (AvgIpc) is 3.02. The summed E-state index contributed by atoms with van der Waals surface area (Å²) in [7, 11) is 1.61. The van der Waals surface area contributed by atoms with Crippen molar-refractivity contribution in [1.82, 2.24) is 24.6 Å². The van der Waals surface area contributed by atoms with Gasteiger partial charge in [-0.05, 0) is 12.1 Å². The third kappa shape index (κ3) is 3.56. The molecule has 2 N–H and O–H groups in total. The fraction of sp³-hybridized carbons (Fsp3) is 0.400. The molecule has 1 saturated heterocycles. The molecule has 3 heterocycles. The maximum absolute atomic E-state index is 14.2. The van der Waals surface area contributed by atoms with E-state index in [0.717, 1.165) is 12.1 Å². The zero-order valence-electron chi connectivity index (χ0n) is 16.5. The Kier molecular flexibility index (Phi) is 5.52. The molecule has 0 bridgehead atoms. The van der Waals surface area contributed by atoms with Crippen LogP contribution in [-0.4, -0.2) is 69.1 Å². The Hall–Kier alpha value is -2.85. The first kappa shape index (κ1) is 20.4. The molecule has 0 spiro atoms. The molecule has 160 valence electrons. The summed E-state index contributed by atoms with van der Waals surface area (Å²) in [5, 5.41) is 15.0. The van der Waals surface area contributed by atoms with E-state index in [1.54, 1.807) is 7.05 Å². The largest absolute Gasteiger partial charge is 0.503 e. The van der Waals surface area contributed by atoms with Crippen LogP contribution in [0.25, 0.3) is 22.3 Å². The van der Waals surface area contributed by atoms with Crippen molar-refractivity contribution in [1.29, 1.82) is 0 Å². The second kappa shape index (κ2) is 8.11. The number of H-pyrrole nitrogens is 1. The summed E-state index contributed by atoms with van der Waals surface area (Å²) in [4.78, 5) is 19.8. The first-order valence-corrected chi connectivity index (χ1v) is 9.66. The lowest BCUT2D eigenvalue weighted by Crippen LogP contribution is -2.46. The van der Waals surface area contributed by atoms with Crippen molar-refractivity contribution in [3.05, 3.63) is 45.8 Å². The number of hydrogen-bond donors (Lipinski definition) is 2. The third-order valence-electron chi connectivity index (χ3n) is 5.49. The van der Waals surface area contributed by atoms with Crippen LogP contribution in [0.3, 0.4) is 0 Å². The number of fused-ring (bicyclic) bond motifs is 1. The minimum atomic E-state index is -0.895. The quantitative estimate of drug-likeness (QED) is 0.659. The molecule has 7 nitrogen and oxygen atoms in total. The Morgan fingerprint density at radius 2 is 1.77 bits per heavy atom. The highest BCUT2D eigenvalue weighted by molar-refractivity contribution is 5.84. The topological polar surface area (TPSA) is 77.4 Å². The number of nitrogens with one attached hydrogen (secondary N) is 1. The Labute approximate surface area is 170 Å². The van der Waals surface area contributed by atoms with E-state index in [4.69, 9.17) is 0 Å². The number of alkyl halides is 1. The number of aromatic hydroxyl groups is 1. The Bertz CT molecular complexity index is 1120. The van der Waals surface area contributed by atoms with Crippen LogP contribution in [0.15, 0.2) is 23.0 Å². The van der Waals surface area contributed by atoms with Gasteiger partial charge in [0.25, 0.3) is 0 Å². The summed E-state index contributed by atoms with van der Waals surface area (Å²) < 4.78 is 42.4. The van der Waals surface area contributed by atoms with Gasteiger partial charge in [-0.2, -0.15) is 5.10 Å². The van der Waals surface area contributed by atoms with E-state index in [9.17, 15) is 23.1 Å². The van der Waals surface area contributed by atoms with Crippen LogP contribution in [-0.2, 0) is 13.6 Å². The van der Waals surface area contributed by atoms with Crippen LogP contribution in [0.1, 0.15) is 5.69 Å². The highest BCUT2D eigenvalue weighted by atomic mass is 19.1. The molecule has 2 aromatic heterocycles. The van der Waals surface area contributed by atoms with Crippen molar-refractivity contribution in [2.45, 2.75) is 6.54 Å². The van der Waals surface area contributed by atoms with Gasteiger partial charge in [0.2, 0.25) is 5.43 Å². The fourth-order valence-corrected chi connectivity index (χ4v) is 3.90. The van der Waals surface area contributed by atoms with E-state index in [1.807, 2.05) is 4.90 Å². The number of nitrogens with zero attached hydrogens (tertiary/aromatic N) is 4. The Morgan fingerprint density at radius 1 is 1.13 bits per heavy atom. The number of hydrogen-bond acceptors (Lipinski definition) is 5. The maximum atomic E-state index is 14.2. The predicted octanol–water partition coefficient (Wildman–Crippen LogP) is 2.00. The van der Waals surface area contributed by atoms with E-state index >= 15 is 0 Å². The van der Waals surface area contributed by atoms with Crippen LogP contribution in [0, 0.1) is 11.6 Å². The Balaban J connectivity index is 1.72. The number of piperazine rings is 1. The van der Waals surface area contributed by atoms with Crippen molar-refractivity contribution in [3.8, 4) is 17.0 Å². The number of aryl methyl sites for hydroxylation is 1. The average molecular weight is 421 g/mol. The number of benzene rings is 1. The van der Waals surface area contributed by atoms with Crippen LogP contribution < -0.4 is 5.43 Å². The predicted molar refractivity (Wildman–Crippen MR) is 106 cm³/mol. The van der Waals surface area contributed by atoms with E-state index in [0.29, 0.717) is 45.0 Å². The molecular weight excluding hydrogens is 399 g/mol. The van der Waals surface area contributed by atoms with E-state index in [-0.39, 0.29) is 23.4 Å². The molecule has 0 amide bonds. The van der Waals surface area contributed by atoms with Crippen molar-refractivity contribution in [3.63, 3.8) is 0 Å². The third-order valence-corrected chi connectivity index (χ3v) is 5.49. The normalized spacial score (nSPS) is 15.9. The lowest BCUT2D eigenvalue weighted by Gasteiger charge is -2.33. The van der Waals surface area contributed by atoms with Crippen LogP contribution in [0.4, 0.5) is 13.2 Å². The second-order valence-corrected chi connectivity index (χ2v) is 7.38. The lowest BCUT2D eigenvalue weighted by atomic mass is 10.1. The van der Waals surface area contributed by atoms with Gasteiger partial charge in [0, 0.05) is 46.3 Å². The lowest BCUT2D eigenvalue weighted by molar-refractivity contribution is 0.120. The summed E-state index contributed by atoms with van der Waals surface area (Å²) in [5.74, 6) is -2.55. The molecule has 3 aromatic rings. The van der Waals surface area contributed by atoms with Crippen molar-refractivity contribution in [2.24, 2.45) is 7.05 Å². The van der Waals surface area contributed by atoms with Gasteiger partial charge in [0.05, 0.1) is 22.3 Å². The highest BCUT2D eigenvalue weighted by Gasteiger charge is 2.25. The van der Waals surface area contributed by atoms with E-state index in [2.05, 4.69) is 15.0 Å². The standard InChI is InChI=1S/C20H22F3N5O2/c1-26-20-16(14(25-26)11-28-9-7-27(6-5-21)8-10-28)18(29)19(30)17(24-20)15-12(22)3-2-4-13(15)23/h2-4,30H,5-11H2,1H3,(H,24,29). The highest BCUT2D eigenvalue weighted by Crippen LogP contribution is 2.31. The Morgan fingerprint density at radius 3 is 2.40 bits per heavy atom. The van der Waals surface area contributed by atoms with Crippen LogP contribution >= 0.6 is 0 Å². The minimum Gasteiger partial charge on any atom is -0.503 e. The van der Waals surface area contributed by atoms with Crippen LogP contribution in [0.5, 0.6) is 5.75 Å². The molecule has 1 aliphatic rings. The summed E-state index contributed by atoms with van der Waals surface area (Å²) in [6, 6.07) is 3.31. The van der Waals surface area contributed by atoms with E-state index < -0.39 is 28.4 Å². The molecule has 0 saturated carbocycles. The summed E-state index contributed by atoms with van der Waals surface area (Å²) in [6.45, 7) is 3.21. The summed E-state index contributed by atoms with van der Waals surface area (Å²) in [5.41, 5.74) is -0.830. The molecule has 0 atom stereocenters. The first-order chi connectivity index (χ1) is 14.4. The number of aromatic nitrogens is 3. The SMILES string of the molecule is Cn1nc(CN2CCN(CCF)CC2)c2c(=O)c(O)c(-c3c(F)cccc3F)[nH]c21. The van der Waals surface area contributed by atoms with Gasteiger partial charge in [-0.15, -0.1) is 0 Å². The van der Waals surface area contributed by atoms with Gasteiger partial charge in [0.1, 0.15) is 24.0 Å². The monoisotopic (exact) mass is 421 g/mol. The zero-order chi connectivity index (χ0) is 21.4. The fourth-order valence-electron chi connectivity index (χ4n) is 3.90.